The van der Waals surface area contributed by atoms with Gasteiger partial charge in [0.1, 0.15) is 17.2 Å². The van der Waals surface area contributed by atoms with Gasteiger partial charge in [-0.2, -0.15) is 0 Å². The van der Waals surface area contributed by atoms with Crippen LogP contribution >= 0.6 is 0 Å². The molecule has 8 nitrogen and oxygen atoms in total. The molecule has 0 spiro atoms. The van der Waals surface area contributed by atoms with E-state index in [0.717, 1.165) is 5.56 Å². The van der Waals surface area contributed by atoms with Gasteiger partial charge in [0.25, 0.3) is 0 Å². The number of fused-ring (bicyclic) bond motifs is 1. The molecule has 3 rings (SSSR count). The van der Waals surface area contributed by atoms with Crippen molar-refractivity contribution < 1.29 is 38.4 Å². The van der Waals surface area contributed by atoms with Gasteiger partial charge < -0.3 is 28.8 Å². The third kappa shape index (κ3) is 4.97. The fraction of sp³-hybridized carbons (Fsp3) is 0.333. The second kappa shape index (κ2) is 9.29. The molecule has 1 N–H and O–H groups in total. The van der Waals surface area contributed by atoms with E-state index in [0.29, 0.717) is 17.1 Å². The van der Waals surface area contributed by atoms with Crippen LogP contribution in [0.5, 0.6) is 17.2 Å². The number of carbonyl (C=O) groups excluding carboxylic acids is 2. The molecular formula is C21H22O8. The van der Waals surface area contributed by atoms with Gasteiger partial charge >= 0.3 is 12.3 Å². The highest BCUT2D eigenvalue weighted by Gasteiger charge is 2.31. The summed E-state index contributed by atoms with van der Waals surface area (Å²) in [7, 11) is 0. The van der Waals surface area contributed by atoms with Gasteiger partial charge in [0.05, 0.1) is 25.9 Å². The first-order valence-corrected chi connectivity index (χ1v) is 9.25. The zero-order valence-electron chi connectivity index (χ0n) is 16.1. The van der Waals surface area contributed by atoms with E-state index in [-0.39, 0.29) is 31.5 Å². The van der Waals surface area contributed by atoms with Gasteiger partial charge in [-0.05, 0) is 43.7 Å². The molecule has 8 heteroatoms. The van der Waals surface area contributed by atoms with Crippen molar-refractivity contribution in [2.75, 3.05) is 19.8 Å². The van der Waals surface area contributed by atoms with Crippen molar-refractivity contribution in [3.05, 3.63) is 53.6 Å². The lowest BCUT2D eigenvalue weighted by atomic mass is 9.87. The predicted molar refractivity (Wildman–Crippen MR) is 101 cm³/mol. The highest BCUT2D eigenvalue weighted by atomic mass is 16.7. The standard InChI is InChI=1S/C21H22O8/c1-3-25-20(23)28-14-7-5-13(6-8-14)17-12-27-18-11-15(29-21(24)26-4-2)9-10-16(18)19(17)22/h5-11,17,19,22H,3-4,12H2,1-2H3. The molecule has 0 saturated heterocycles. The van der Waals surface area contributed by atoms with Crippen LogP contribution in [0.3, 0.4) is 0 Å². The van der Waals surface area contributed by atoms with Gasteiger partial charge in [0, 0.05) is 17.5 Å². The number of hydrogen-bond donors (Lipinski definition) is 1. The Morgan fingerprint density at radius 2 is 1.55 bits per heavy atom. The fourth-order valence-electron chi connectivity index (χ4n) is 2.98. The van der Waals surface area contributed by atoms with E-state index >= 15 is 0 Å². The molecular weight excluding hydrogens is 380 g/mol. The van der Waals surface area contributed by atoms with Gasteiger partial charge in [-0.1, -0.05) is 12.1 Å². The molecule has 0 amide bonds. The Kier molecular flexibility index (Phi) is 6.56. The maximum Gasteiger partial charge on any atom is 0.513 e. The molecule has 2 unspecified atom stereocenters. The van der Waals surface area contributed by atoms with E-state index in [4.69, 9.17) is 23.7 Å². The van der Waals surface area contributed by atoms with Crippen LogP contribution in [-0.4, -0.2) is 37.2 Å². The maximum absolute atomic E-state index is 11.4. The number of carbonyl (C=O) groups is 2. The van der Waals surface area contributed by atoms with Crippen LogP contribution in [0.4, 0.5) is 9.59 Å². The first-order valence-electron chi connectivity index (χ1n) is 9.25. The molecule has 0 radical (unpaired) electrons. The molecule has 2 aromatic rings. The average molecular weight is 402 g/mol. The van der Waals surface area contributed by atoms with Crippen molar-refractivity contribution in [2.24, 2.45) is 0 Å². The summed E-state index contributed by atoms with van der Waals surface area (Å²) in [5.41, 5.74) is 1.41. The van der Waals surface area contributed by atoms with Crippen molar-refractivity contribution in [2.45, 2.75) is 25.9 Å². The van der Waals surface area contributed by atoms with Gasteiger partial charge in [-0.3, -0.25) is 0 Å². The van der Waals surface area contributed by atoms with Crippen molar-refractivity contribution in [3.63, 3.8) is 0 Å². The first-order chi connectivity index (χ1) is 14.0. The highest BCUT2D eigenvalue weighted by molar-refractivity contribution is 5.64. The highest BCUT2D eigenvalue weighted by Crippen LogP contribution is 2.42. The van der Waals surface area contributed by atoms with Crippen LogP contribution < -0.4 is 14.2 Å². The number of aliphatic hydroxyl groups excluding tert-OH is 1. The summed E-state index contributed by atoms with van der Waals surface area (Å²) in [6.45, 7) is 4.05. The lowest BCUT2D eigenvalue weighted by Crippen LogP contribution is -2.24. The van der Waals surface area contributed by atoms with E-state index < -0.39 is 18.4 Å². The number of rotatable bonds is 5. The van der Waals surface area contributed by atoms with Crippen molar-refractivity contribution in [3.8, 4) is 17.2 Å². The third-order valence-electron chi connectivity index (χ3n) is 4.34. The Bertz CT molecular complexity index is 861. The number of ether oxygens (including phenoxy) is 5. The van der Waals surface area contributed by atoms with Crippen molar-refractivity contribution in [1.29, 1.82) is 0 Å². The van der Waals surface area contributed by atoms with E-state index in [2.05, 4.69) is 0 Å². The molecule has 1 heterocycles. The summed E-state index contributed by atoms with van der Waals surface area (Å²) in [5.74, 6) is 0.752. The monoisotopic (exact) mass is 402 g/mol. The first kappa shape index (κ1) is 20.5. The topological polar surface area (TPSA) is 101 Å². The molecule has 0 saturated carbocycles. The summed E-state index contributed by atoms with van der Waals surface area (Å²) >= 11 is 0. The smallest absolute Gasteiger partial charge is 0.492 e. The second-order valence-corrected chi connectivity index (χ2v) is 6.20. The van der Waals surface area contributed by atoms with E-state index in [9.17, 15) is 14.7 Å². The van der Waals surface area contributed by atoms with Gasteiger partial charge in [0.2, 0.25) is 0 Å². The normalized spacial score (nSPS) is 17.5. The van der Waals surface area contributed by atoms with Crippen LogP contribution in [0.2, 0.25) is 0 Å². The lowest BCUT2D eigenvalue weighted by molar-refractivity contribution is 0.0877. The fourth-order valence-corrected chi connectivity index (χ4v) is 2.98. The molecule has 0 bridgehead atoms. The third-order valence-corrected chi connectivity index (χ3v) is 4.34. The quantitative estimate of drug-likeness (QED) is 0.592. The largest absolute Gasteiger partial charge is 0.513 e. The predicted octanol–water partition coefficient (Wildman–Crippen LogP) is 3.97. The van der Waals surface area contributed by atoms with Gasteiger partial charge in [0.15, 0.2) is 0 Å². The summed E-state index contributed by atoms with van der Waals surface area (Å²) in [6, 6.07) is 11.5. The minimum absolute atomic E-state index is 0.213. The van der Waals surface area contributed by atoms with Gasteiger partial charge in [-0.25, -0.2) is 9.59 Å². The summed E-state index contributed by atoms with van der Waals surface area (Å²) in [4.78, 5) is 22.8. The van der Waals surface area contributed by atoms with Crippen LogP contribution in [-0.2, 0) is 9.47 Å². The summed E-state index contributed by atoms with van der Waals surface area (Å²) in [5, 5.41) is 10.8. The molecule has 1 aliphatic rings. The Labute approximate surface area is 167 Å². The Morgan fingerprint density at radius 1 is 0.966 bits per heavy atom. The van der Waals surface area contributed by atoms with Crippen LogP contribution in [0, 0.1) is 0 Å². The van der Waals surface area contributed by atoms with E-state index in [1.165, 1.54) is 0 Å². The molecule has 0 fully saturated rings. The van der Waals surface area contributed by atoms with E-state index in [1.807, 2.05) is 0 Å². The SMILES string of the molecule is CCOC(=O)Oc1ccc(C2COc3cc(OC(=O)OCC)ccc3C2O)cc1. The molecule has 2 aromatic carbocycles. The van der Waals surface area contributed by atoms with Crippen molar-refractivity contribution >= 4 is 12.3 Å². The second-order valence-electron chi connectivity index (χ2n) is 6.20. The molecule has 29 heavy (non-hydrogen) atoms. The Morgan fingerprint density at radius 3 is 2.17 bits per heavy atom. The Balaban J connectivity index is 1.70. The summed E-state index contributed by atoms with van der Waals surface area (Å²) in [6.07, 6.45) is -2.38. The van der Waals surface area contributed by atoms with E-state index in [1.54, 1.807) is 56.3 Å². The zero-order chi connectivity index (χ0) is 20.8. The minimum atomic E-state index is -0.813. The van der Waals surface area contributed by atoms with Crippen LogP contribution in [0.1, 0.15) is 37.0 Å². The molecule has 0 aromatic heterocycles. The number of hydrogen-bond acceptors (Lipinski definition) is 8. The van der Waals surface area contributed by atoms with Crippen LogP contribution in [0.15, 0.2) is 42.5 Å². The molecule has 154 valence electrons. The molecule has 1 aliphatic heterocycles. The number of aliphatic hydroxyl groups is 1. The zero-order valence-corrected chi connectivity index (χ0v) is 16.1. The summed E-state index contributed by atoms with van der Waals surface area (Å²) < 4.78 is 25.3. The Hall–Kier alpha value is -3.26. The van der Waals surface area contributed by atoms with Gasteiger partial charge in [-0.15, -0.1) is 0 Å². The lowest BCUT2D eigenvalue weighted by Gasteiger charge is -2.30. The van der Waals surface area contributed by atoms with Crippen LogP contribution in [0.25, 0.3) is 0 Å². The average Bonchev–Trinajstić information content (AvgIpc) is 2.69. The van der Waals surface area contributed by atoms with Crippen molar-refractivity contribution in [1.82, 2.24) is 0 Å². The maximum atomic E-state index is 11.4. The number of benzene rings is 2. The minimum Gasteiger partial charge on any atom is -0.492 e. The molecule has 2 atom stereocenters. The molecule has 0 aliphatic carbocycles.